The maximum atomic E-state index is 5.72. The van der Waals surface area contributed by atoms with Crippen molar-refractivity contribution in [1.82, 2.24) is 5.32 Å². The van der Waals surface area contributed by atoms with Crippen molar-refractivity contribution in [2.45, 2.75) is 45.6 Å². The molecule has 0 aliphatic heterocycles. The van der Waals surface area contributed by atoms with E-state index < -0.39 is 0 Å². The summed E-state index contributed by atoms with van der Waals surface area (Å²) < 4.78 is 6.78. The van der Waals surface area contributed by atoms with Crippen LogP contribution in [0, 0.1) is 0 Å². The molecular weight excluding hydrogens is 290 g/mol. The molecule has 0 amide bonds. The summed E-state index contributed by atoms with van der Waals surface area (Å²) in [5, 5.41) is 3.63. The fourth-order valence-electron chi connectivity index (χ4n) is 2.17. The molecule has 0 aromatic heterocycles. The maximum Gasteiger partial charge on any atom is 0.120 e. The van der Waals surface area contributed by atoms with Gasteiger partial charge in [0.15, 0.2) is 0 Å². The van der Waals surface area contributed by atoms with Gasteiger partial charge in [-0.3, -0.25) is 0 Å². The van der Waals surface area contributed by atoms with E-state index in [0.29, 0.717) is 6.61 Å². The van der Waals surface area contributed by atoms with Crippen LogP contribution >= 0.6 is 15.9 Å². The molecule has 1 rings (SSSR count). The molecule has 0 aliphatic rings. The third-order valence-electron chi connectivity index (χ3n) is 3.70. The molecule has 0 heterocycles. The number of ether oxygens (including phenoxy) is 1. The summed E-state index contributed by atoms with van der Waals surface area (Å²) in [5.41, 5.74) is 0.278. The summed E-state index contributed by atoms with van der Waals surface area (Å²) in [7, 11) is 0. The van der Waals surface area contributed by atoms with E-state index in [1.165, 1.54) is 0 Å². The van der Waals surface area contributed by atoms with Crippen LogP contribution in [0.1, 0.15) is 40.0 Å². The lowest BCUT2D eigenvalue weighted by atomic mass is 9.90. The summed E-state index contributed by atoms with van der Waals surface area (Å²) in [4.78, 5) is 0. The summed E-state index contributed by atoms with van der Waals surface area (Å²) in [5.74, 6) is 0.918. The first-order valence-electron chi connectivity index (χ1n) is 6.79. The SMILES string of the molecule is CCC(CC)(CC)NCCOc1cccc(Br)c1. The minimum Gasteiger partial charge on any atom is -0.492 e. The predicted octanol–water partition coefficient (Wildman–Crippen LogP) is 4.39. The minimum absolute atomic E-state index is 0.278. The highest BCUT2D eigenvalue weighted by molar-refractivity contribution is 9.10. The van der Waals surface area contributed by atoms with E-state index in [1.54, 1.807) is 0 Å². The maximum absolute atomic E-state index is 5.72. The van der Waals surface area contributed by atoms with Crippen LogP contribution in [0.2, 0.25) is 0 Å². The van der Waals surface area contributed by atoms with Gasteiger partial charge in [0.2, 0.25) is 0 Å². The van der Waals surface area contributed by atoms with Gasteiger partial charge in [-0.15, -0.1) is 0 Å². The van der Waals surface area contributed by atoms with Crippen LogP contribution in [0.25, 0.3) is 0 Å². The van der Waals surface area contributed by atoms with Gasteiger partial charge in [0.1, 0.15) is 12.4 Å². The molecule has 1 aromatic rings. The van der Waals surface area contributed by atoms with Gasteiger partial charge in [-0.05, 0) is 37.5 Å². The van der Waals surface area contributed by atoms with Gasteiger partial charge in [0.25, 0.3) is 0 Å². The van der Waals surface area contributed by atoms with Crippen molar-refractivity contribution in [3.05, 3.63) is 28.7 Å². The average Bonchev–Trinajstić information content (AvgIpc) is 2.40. The van der Waals surface area contributed by atoms with Gasteiger partial charge >= 0.3 is 0 Å². The highest BCUT2D eigenvalue weighted by atomic mass is 79.9. The minimum atomic E-state index is 0.278. The van der Waals surface area contributed by atoms with Crippen molar-refractivity contribution < 1.29 is 4.74 Å². The molecule has 0 unspecified atom stereocenters. The Morgan fingerprint density at radius 1 is 1.17 bits per heavy atom. The average molecular weight is 314 g/mol. The molecule has 102 valence electrons. The molecule has 0 fully saturated rings. The van der Waals surface area contributed by atoms with Crippen LogP contribution < -0.4 is 10.1 Å². The third-order valence-corrected chi connectivity index (χ3v) is 4.19. The van der Waals surface area contributed by atoms with Crippen molar-refractivity contribution in [3.63, 3.8) is 0 Å². The van der Waals surface area contributed by atoms with Crippen molar-refractivity contribution in [3.8, 4) is 5.75 Å². The predicted molar refractivity (Wildman–Crippen MR) is 81.2 cm³/mol. The zero-order valence-corrected chi connectivity index (χ0v) is 13.2. The second kappa shape index (κ2) is 7.80. The van der Waals surface area contributed by atoms with Crippen molar-refractivity contribution in [2.75, 3.05) is 13.2 Å². The lowest BCUT2D eigenvalue weighted by Gasteiger charge is -2.32. The fourth-order valence-corrected chi connectivity index (χ4v) is 2.55. The Hall–Kier alpha value is -0.540. The molecule has 0 saturated carbocycles. The Morgan fingerprint density at radius 3 is 2.39 bits per heavy atom. The molecule has 0 saturated heterocycles. The standard InChI is InChI=1S/C15H24BrNO/c1-4-15(5-2,6-3)17-10-11-18-14-9-7-8-13(16)12-14/h7-9,12,17H,4-6,10-11H2,1-3H3. The Balaban J connectivity index is 2.34. The Kier molecular flexibility index (Phi) is 6.72. The van der Waals surface area contributed by atoms with E-state index in [-0.39, 0.29) is 5.54 Å². The lowest BCUT2D eigenvalue weighted by Crippen LogP contribution is -2.45. The van der Waals surface area contributed by atoms with E-state index in [2.05, 4.69) is 42.0 Å². The number of rotatable bonds is 8. The van der Waals surface area contributed by atoms with Crippen molar-refractivity contribution in [1.29, 1.82) is 0 Å². The van der Waals surface area contributed by atoms with Crippen molar-refractivity contribution >= 4 is 15.9 Å². The fraction of sp³-hybridized carbons (Fsp3) is 0.600. The quantitative estimate of drug-likeness (QED) is 0.719. The third kappa shape index (κ3) is 4.62. The summed E-state index contributed by atoms with van der Waals surface area (Å²) >= 11 is 3.44. The molecule has 0 atom stereocenters. The van der Waals surface area contributed by atoms with Gasteiger partial charge < -0.3 is 10.1 Å². The Morgan fingerprint density at radius 2 is 1.83 bits per heavy atom. The number of hydrogen-bond acceptors (Lipinski definition) is 2. The second-order valence-electron chi connectivity index (χ2n) is 4.57. The Bertz CT molecular complexity index is 342. The van der Waals surface area contributed by atoms with Gasteiger partial charge in [-0.1, -0.05) is 42.8 Å². The molecule has 0 aliphatic carbocycles. The zero-order chi connectivity index (χ0) is 13.4. The molecule has 0 radical (unpaired) electrons. The first-order valence-corrected chi connectivity index (χ1v) is 7.58. The van der Waals surface area contributed by atoms with Crippen LogP contribution in [-0.4, -0.2) is 18.7 Å². The smallest absolute Gasteiger partial charge is 0.120 e. The van der Waals surface area contributed by atoms with E-state index in [4.69, 9.17) is 4.74 Å². The number of nitrogens with one attached hydrogen (secondary N) is 1. The van der Waals surface area contributed by atoms with Crippen molar-refractivity contribution in [2.24, 2.45) is 0 Å². The molecule has 18 heavy (non-hydrogen) atoms. The van der Waals surface area contributed by atoms with Crippen LogP contribution in [0.5, 0.6) is 5.75 Å². The van der Waals surface area contributed by atoms with E-state index in [1.807, 2.05) is 24.3 Å². The van der Waals surface area contributed by atoms with Gasteiger partial charge in [-0.2, -0.15) is 0 Å². The molecule has 0 spiro atoms. The molecule has 0 bridgehead atoms. The monoisotopic (exact) mass is 313 g/mol. The van der Waals surface area contributed by atoms with Crippen LogP contribution in [0.4, 0.5) is 0 Å². The van der Waals surface area contributed by atoms with Crippen LogP contribution in [0.15, 0.2) is 28.7 Å². The van der Waals surface area contributed by atoms with Gasteiger partial charge in [0, 0.05) is 16.6 Å². The summed E-state index contributed by atoms with van der Waals surface area (Å²) in [6.07, 6.45) is 3.49. The second-order valence-corrected chi connectivity index (χ2v) is 5.49. The van der Waals surface area contributed by atoms with Gasteiger partial charge in [-0.25, -0.2) is 0 Å². The summed E-state index contributed by atoms with van der Waals surface area (Å²) in [6, 6.07) is 7.97. The first-order chi connectivity index (χ1) is 8.65. The summed E-state index contributed by atoms with van der Waals surface area (Å²) in [6.45, 7) is 8.33. The Labute approximate surface area is 119 Å². The number of halogens is 1. The number of benzene rings is 1. The zero-order valence-electron chi connectivity index (χ0n) is 11.6. The lowest BCUT2D eigenvalue weighted by molar-refractivity contribution is 0.247. The normalized spacial score (nSPS) is 11.6. The molecule has 1 N–H and O–H groups in total. The molecule has 1 aromatic carbocycles. The van der Waals surface area contributed by atoms with E-state index >= 15 is 0 Å². The van der Waals surface area contributed by atoms with E-state index in [0.717, 1.165) is 36.0 Å². The molecule has 2 nitrogen and oxygen atoms in total. The first kappa shape index (κ1) is 15.5. The van der Waals surface area contributed by atoms with Crippen LogP contribution in [0.3, 0.4) is 0 Å². The van der Waals surface area contributed by atoms with Gasteiger partial charge in [0.05, 0.1) is 0 Å². The van der Waals surface area contributed by atoms with Crippen LogP contribution in [-0.2, 0) is 0 Å². The topological polar surface area (TPSA) is 21.3 Å². The highest BCUT2D eigenvalue weighted by Crippen LogP contribution is 2.19. The largest absolute Gasteiger partial charge is 0.492 e. The molecule has 3 heteroatoms. The number of hydrogen-bond donors (Lipinski definition) is 1. The van der Waals surface area contributed by atoms with E-state index in [9.17, 15) is 0 Å². The molecular formula is C15H24BrNO. The highest BCUT2D eigenvalue weighted by Gasteiger charge is 2.22.